The van der Waals surface area contributed by atoms with Crippen molar-refractivity contribution in [1.82, 2.24) is 0 Å². The van der Waals surface area contributed by atoms with Crippen molar-refractivity contribution in [1.29, 1.82) is 5.26 Å². The highest BCUT2D eigenvalue weighted by Gasteiger charge is 2.13. The molecule has 0 bridgehead atoms. The summed E-state index contributed by atoms with van der Waals surface area (Å²) in [6.07, 6.45) is 0.733. The molecule has 124 valence electrons. The first-order valence-corrected chi connectivity index (χ1v) is 8.60. The zero-order valence-corrected chi connectivity index (χ0v) is 14.3. The fourth-order valence-electron chi connectivity index (χ4n) is 2.33. The van der Waals surface area contributed by atoms with Crippen LogP contribution < -0.4 is 10.1 Å². The number of carbonyl (C=O) groups is 1. The van der Waals surface area contributed by atoms with E-state index in [0.717, 1.165) is 11.3 Å². The average molecular weight is 348 g/mol. The van der Waals surface area contributed by atoms with Crippen molar-refractivity contribution >= 4 is 22.2 Å². The van der Waals surface area contributed by atoms with Crippen LogP contribution in [0.4, 0.5) is 5.00 Å². The lowest BCUT2D eigenvalue weighted by Crippen LogP contribution is -2.19. The Morgan fingerprint density at radius 3 is 2.44 bits per heavy atom. The van der Waals surface area contributed by atoms with E-state index >= 15 is 0 Å². The van der Waals surface area contributed by atoms with E-state index in [1.165, 1.54) is 16.9 Å². The van der Waals surface area contributed by atoms with Gasteiger partial charge in [-0.2, -0.15) is 5.26 Å². The lowest BCUT2D eigenvalue weighted by molar-refractivity contribution is -0.118. The highest BCUT2D eigenvalue weighted by molar-refractivity contribution is 7.16. The molecule has 0 spiro atoms. The van der Waals surface area contributed by atoms with E-state index in [2.05, 4.69) is 11.4 Å². The summed E-state index contributed by atoms with van der Waals surface area (Å²) < 4.78 is 5.43. The second-order valence-corrected chi connectivity index (χ2v) is 6.52. The number of anilines is 1. The van der Waals surface area contributed by atoms with E-state index in [0.29, 0.717) is 16.3 Å². The van der Waals surface area contributed by atoms with Gasteiger partial charge < -0.3 is 10.1 Å². The molecule has 3 rings (SSSR count). The van der Waals surface area contributed by atoms with E-state index in [-0.39, 0.29) is 12.5 Å². The van der Waals surface area contributed by atoms with Gasteiger partial charge in [0.15, 0.2) is 6.61 Å². The molecule has 3 aromatic rings. The van der Waals surface area contributed by atoms with Gasteiger partial charge in [0, 0.05) is 11.3 Å². The van der Waals surface area contributed by atoms with Crippen LogP contribution in [0.2, 0.25) is 0 Å². The molecule has 2 aromatic carbocycles. The quantitative estimate of drug-likeness (QED) is 0.725. The Morgan fingerprint density at radius 2 is 1.76 bits per heavy atom. The Balaban J connectivity index is 1.63. The van der Waals surface area contributed by atoms with Gasteiger partial charge >= 0.3 is 0 Å². The number of nitrogens with one attached hydrogen (secondary N) is 1. The molecule has 25 heavy (non-hydrogen) atoms. The minimum Gasteiger partial charge on any atom is -0.484 e. The molecule has 4 nitrogen and oxygen atoms in total. The molecular weight excluding hydrogens is 332 g/mol. The maximum Gasteiger partial charge on any atom is 0.262 e. The molecule has 0 saturated heterocycles. The monoisotopic (exact) mass is 348 g/mol. The fourth-order valence-corrected chi connectivity index (χ4v) is 3.39. The summed E-state index contributed by atoms with van der Waals surface area (Å²) >= 11 is 1.42. The average Bonchev–Trinajstić information content (AvgIpc) is 3.03. The Morgan fingerprint density at radius 1 is 1.08 bits per heavy atom. The van der Waals surface area contributed by atoms with Crippen LogP contribution >= 0.6 is 11.3 Å². The molecule has 0 radical (unpaired) electrons. The van der Waals surface area contributed by atoms with Gasteiger partial charge in [0.25, 0.3) is 5.91 Å². The van der Waals surface area contributed by atoms with E-state index in [4.69, 9.17) is 4.74 Å². The largest absolute Gasteiger partial charge is 0.484 e. The second-order valence-electron chi connectivity index (χ2n) is 5.38. The summed E-state index contributed by atoms with van der Waals surface area (Å²) in [5.74, 6) is 0.350. The number of benzene rings is 2. The minimum absolute atomic E-state index is 0.0964. The summed E-state index contributed by atoms with van der Waals surface area (Å²) in [4.78, 5) is 13.1. The highest BCUT2D eigenvalue weighted by Crippen LogP contribution is 2.29. The summed E-state index contributed by atoms with van der Waals surface area (Å²) in [6.45, 7) is -0.0964. The van der Waals surface area contributed by atoms with Crippen LogP contribution in [0.25, 0.3) is 0 Å². The smallest absolute Gasteiger partial charge is 0.262 e. The molecule has 5 heteroatoms. The van der Waals surface area contributed by atoms with Gasteiger partial charge in [0.05, 0.1) is 5.56 Å². The number of ether oxygens (including phenoxy) is 1. The zero-order chi connectivity index (χ0) is 17.5. The second kappa shape index (κ2) is 8.13. The van der Waals surface area contributed by atoms with E-state index in [1.807, 2.05) is 54.6 Å². The highest BCUT2D eigenvalue weighted by atomic mass is 32.1. The minimum atomic E-state index is -0.284. The summed E-state index contributed by atoms with van der Waals surface area (Å²) in [7, 11) is 0. The van der Waals surface area contributed by atoms with Crippen molar-refractivity contribution in [2.75, 3.05) is 11.9 Å². The standard InChI is InChI=1S/C20H16N2O2S/c21-13-16-12-18(11-15-7-3-1-4-8-15)25-20(16)22-19(23)14-24-17-9-5-2-6-10-17/h1-10,12H,11,14H2,(H,22,23). The molecule has 0 aliphatic heterocycles. The molecular formula is C20H16N2O2S. The number of hydrogen-bond donors (Lipinski definition) is 1. The molecule has 0 saturated carbocycles. The predicted molar refractivity (Wildman–Crippen MR) is 98.8 cm³/mol. The molecule has 0 unspecified atom stereocenters. The molecule has 0 fully saturated rings. The topological polar surface area (TPSA) is 62.1 Å². The third-order valence-corrected chi connectivity index (χ3v) is 4.54. The van der Waals surface area contributed by atoms with Crippen LogP contribution in [0.1, 0.15) is 16.0 Å². The zero-order valence-electron chi connectivity index (χ0n) is 13.4. The Hall–Kier alpha value is -3.10. The maximum absolute atomic E-state index is 12.1. The first-order valence-electron chi connectivity index (χ1n) is 7.79. The van der Waals surface area contributed by atoms with Crippen LogP contribution in [0.3, 0.4) is 0 Å². The lowest BCUT2D eigenvalue weighted by atomic mass is 10.1. The number of nitrogens with zero attached hydrogens (tertiary/aromatic N) is 1. The number of hydrogen-bond acceptors (Lipinski definition) is 4. The number of para-hydroxylation sites is 1. The van der Waals surface area contributed by atoms with Crippen molar-refractivity contribution in [3.8, 4) is 11.8 Å². The SMILES string of the molecule is N#Cc1cc(Cc2ccccc2)sc1NC(=O)COc1ccccc1. The first-order chi connectivity index (χ1) is 12.2. The third-order valence-electron chi connectivity index (χ3n) is 3.49. The molecule has 1 heterocycles. The van der Waals surface area contributed by atoms with Gasteiger partial charge in [-0.25, -0.2) is 0 Å². The normalized spacial score (nSPS) is 10.0. The molecule has 1 amide bonds. The van der Waals surface area contributed by atoms with Crippen molar-refractivity contribution < 1.29 is 9.53 Å². The van der Waals surface area contributed by atoms with Gasteiger partial charge in [-0.3, -0.25) is 4.79 Å². The van der Waals surface area contributed by atoms with Crippen molar-refractivity contribution in [3.05, 3.63) is 82.7 Å². The van der Waals surface area contributed by atoms with E-state index < -0.39 is 0 Å². The van der Waals surface area contributed by atoms with Crippen LogP contribution in [-0.2, 0) is 11.2 Å². The molecule has 0 atom stereocenters. The van der Waals surface area contributed by atoms with Crippen molar-refractivity contribution in [2.45, 2.75) is 6.42 Å². The first kappa shape index (κ1) is 16.7. The predicted octanol–water partition coefficient (Wildman–Crippen LogP) is 4.23. The summed E-state index contributed by atoms with van der Waals surface area (Å²) in [6, 6.07) is 23.1. The fraction of sp³-hybridized carbons (Fsp3) is 0.100. The Bertz CT molecular complexity index is 883. The van der Waals surface area contributed by atoms with E-state index in [1.54, 1.807) is 12.1 Å². The summed E-state index contributed by atoms with van der Waals surface area (Å²) in [5, 5.41) is 12.6. The number of carbonyl (C=O) groups excluding carboxylic acids is 1. The van der Waals surface area contributed by atoms with Crippen molar-refractivity contribution in [2.24, 2.45) is 0 Å². The number of amides is 1. The molecule has 1 N–H and O–H groups in total. The molecule has 0 aliphatic rings. The third kappa shape index (κ3) is 4.69. The van der Waals surface area contributed by atoms with E-state index in [9.17, 15) is 10.1 Å². The van der Waals surface area contributed by atoms with Gasteiger partial charge in [0.2, 0.25) is 0 Å². The van der Waals surface area contributed by atoms with Gasteiger partial charge in [-0.15, -0.1) is 11.3 Å². The number of thiophene rings is 1. The molecule has 1 aromatic heterocycles. The van der Waals surface area contributed by atoms with Gasteiger partial charge in [0.1, 0.15) is 16.8 Å². The maximum atomic E-state index is 12.1. The van der Waals surface area contributed by atoms with Gasteiger partial charge in [-0.1, -0.05) is 48.5 Å². The van der Waals surface area contributed by atoms with Gasteiger partial charge in [-0.05, 0) is 23.8 Å². The molecule has 0 aliphatic carbocycles. The van der Waals surface area contributed by atoms with Crippen LogP contribution in [-0.4, -0.2) is 12.5 Å². The summed E-state index contributed by atoms with van der Waals surface area (Å²) in [5.41, 5.74) is 1.64. The Kier molecular flexibility index (Phi) is 5.45. The van der Waals surface area contributed by atoms with Crippen molar-refractivity contribution in [3.63, 3.8) is 0 Å². The lowest BCUT2D eigenvalue weighted by Gasteiger charge is -2.06. The van der Waals surface area contributed by atoms with Crippen LogP contribution in [0.15, 0.2) is 66.7 Å². The van der Waals surface area contributed by atoms with Crippen LogP contribution in [0, 0.1) is 11.3 Å². The number of rotatable bonds is 6. The number of nitriles is 1. The Labute approximate surface area is 150 Å². The van der Waals surface area contributed by atoms with Crippen LogP contribution in [0.5, 0.6) is 5.75 Å².